The maximum absolute atomic E-state index is 13.1. The second kappa shape index (κ2) is 8.47. The van der Waals surface area contributed by atoms with E-state index >= 15 is 0 Å². The summed E-state index contributed by atoms with van der Waals surface area (Å²) in [5.41, 5.74) is 4.39. The average molecular weight is 419 g/mol. The van der Waals surface area contributed by atoms with Crippen LogP contribution in [0.4, 0.5) is 5.82 Å². The van der Waals surface area contributed by atoms with Gasteiger partial charge in [-0.25, -0.2) is 14.2 Å². The van der Waals surface area contributed by atoms with E-state index < -0.39 is 0 Å². The molecule has 8 heteroatoms. The van der Waals surface area contributed by atoms with Crippen LogP contribution in [0.1, 0.15) is 48.7 Å². The predicted octanol–water partition coefficient (Wildman–Crippen LogP) is 3.73. The normalized spacial score (nSPS) is 17.5. The summed E-state index contributed by atoms with van der Waals surface area (Å²) >= 11 is 0. The van der Waals surface area contributed by atoms with E-state index in [0.717, 1.165) is 56.7 Å². The molecule has 1 aliphatic carbocycles. The van der Waals surface area contributed by atoms with Crippen LogP contribution in [0.25, 0.3) is 11.3 Å². The van der Waals surface area contributed by atoms with Crippen molar-refractivity contribution in [2.24, 2.45) is 5.92 Å². The molecule has 0 aromatic carbocycles. The molecule has 1 saturated heterocycles. The van der Waals surface area contributed by atoms with Crippen molar-refractivity contribution >= 4 is 23.1 Å². The van der Waals surface area contributed by atoms with Crippen molar-refractivity contribution in [1.29, 1.82) is 0 Å². The zero-order valence-corrected chi connectivity index (χ0v) is 17.6. The van der Waals surface area contributed by atoms with Crippen LogP contribution in [0.2, 0.25) is 0 Å². The second-order valence-corrected chi connectivity index (χ2v) is 8.26. The minimum atomic E-state index is -0.240. The van der Waals surface area contributed by atoms with E-state index in [1.165, 1.54) is 5.57 Å². The minimum Gasteiger partial charge on any atom is -0.381 e. The number of hydrogen-bond donors (Lipinski definition) is 1. The molecule has 0 radical (unpaired) electrons. The molecular formula is C23H26N6O2. The Labute approximate surface area is 180 Å². The molecule has 1 aliphatic heterocycles. The Morgan fingerprint density at radius 1 is 1.26 bits per heavy atom. The molecule has 0 bridgehead atoms. The SMILES string of the molecule is CC1=CC=C(n2nc(CC3CCOCC3)cc2NC(=O)c2cnn3cccnc23)CC1. The fourth-order valence-corrected chi connectivity index (χ4v) is 4.16. The Balaban J connectivity index is 1.44. The van der Waals surface area contributed by atoms with Crippen molar-refractivity contribution < 1.29 is 9.53 Å². The molecule has 1 N–H and O–H groups in total. The Kier molecular flexibility index (Phi) is 5.38. The monoisotopic (exact) mass is 418 g/mol. The molecule has 31 heavy (non-hydrogen) atoms. The fourth-order valence-electron chi connectivity index (χ4n) is 4.16. The highest BCUT2D eigenvalue weighted by molar-refractivity contribution is 6.08. The van der Waals surface area contributed by atoms with E-state index in [9.17, 15) is 4.79 Å². The second-order valence-electron chi connectivity index (χ2n) is 8.26. The summed E-state index contributed by atoms with van der Waals surface area (Å²) in [5.74, 6) is 1.00. The van der Waals surface area contributed by atoms with Crippen molar-refractivity contribution in [3.05, 3.63) is 59.7 Å². The average Bonchev–Trinajstić information content (AvgIpc) is 3.39. The highest BCUT2D eigenvalue weighted by atomic mass is 16.5. The number of ether oxygens (including phenoxy) is 1. The number of aromatic nitrogens is 5. The number of anilines is 1. The van der Waals surface area contributed by atoms with Gasteiger partial charge in [0.25, 0.3) is 5.91 Å². The summed E-state index contributed by atoms with van der Waals surface area (Å²) in [6.45, 7) is 3.76. The molecule has 160 valence electrons. The van der Waals surface area contributed by atoms with E-state index in [-0.39, 0.29) is 5.91 Å². The summed E-state index contributed by atoms with van der Waals surface area (Å²) in [4.78, 5) is 17.4. The molecule has 2 aliphatic rings. The van der Waals surface area contributed by atoms with Crippen LogP contribution < -0.4 is 5.32 Å². The minimum absolute atomic E-state index is 0.240. The first-order valence-corrected chi connectivity index (χ1v) is 10.8. The topological polar surface area (TPSA) is 86.3 Å². The van der Waals surface area contributed by atoms with Crippen LogP contribution in [-0.4, -0.2) is 43.5 Å². The molecule has 4 heterocycles. The van der Waals surface area contributed by atoms with Gasteiger partial charge >= 0.3 is 0 Å². The molecule has 0 saturated carbocycles. The summed E-state index contributed by atoms with van der Waals surface area (Å²) in [6.07, 6.45) is 14.1. The number of nitrogens with one attached hydrogen (secondary N) is 1. The first-order chi connectivity index (χ1) is 15.2. The number of nitrogens with zero attached hydrogens (tertiary/aromatic N) is 5. The lowest BCUT2D eigenvalue weighted by Crippen LogP contribution is -2.18. The molecule has 3 aromatic heterocycles. The van der Waals surface area contributed by atoms with Gasteiger partial charge < -0.3 is 10.1 Å². The molecule has 8 nitrogen and oxygen atoms in total. The van der Waals surface area contributed by atoms with Crippen LogP contribution in [0.5, 0.6) is 0 Å². The number of rotatable bonds is 5. The summed E-state index contributed by atoms with van der Waals surface area (Å²) in [6, 6.07) is 3.78. The van der Waals surface area contributed by atoms with Crippen LogP contribution in [0.15, 0.2) is 48.4 Å². The number of carbonyl (C=O) groups is 1. The lowest BCUT2D eigenvalue weighted by Gasteiger charge is -2.20. The number of carbonyl (C=O) groups excluding carboxylic acids is 1. The zero-order valence-electron chi connectivity index (χ0n) is 17.6. The van der Waals surface area contributed by atoms with Gasteiger partial charge in [-0.2, -0.15) is 10.2 Å². The first-order valence-electron chi connectivity index (χ1n) is 10.8. The molecule has 0 unspecified atom stereocenters. The van der Waals surface area contributed by atoms with Crippen LogP contribution in [0, 0.1) is 5.92 Å². The molecule has 3 aromatic rings. The Hall–Kier alpha value is -3.26. The van der Waals surface area contributed by atoms with Gasteiger partial charge in [-0.05, 0) is 57.1 Å². The fraction of sp³-hybridized carbons (Fsp3) is 0.391. The Morgan fingerprint density at radius 3 is 2.94 bits per heavy atom. The standard InChI is InChI=1S/C23H26N6O2/c1-16-3-5-19(6-4-16)29-21(14-18(27-29)13-17-7-11-31-12-8-17)26-23(30)20-15-25-28-10-2-9-24-22(20)28/h2-3,5,9-10,14-15,17H,4,6-8,11-13H2,1H3,(H,26,30). The highest BCUT2D eigenvalue weighted by Gasteiger charge is 2.21. The third-order valence-corrected chi connectivity index (χ3v) is 5.97. The molecule has 1 fully saturated rings. The van der Waals surface area contributed by atoms with Crippen molar-refractivity contribution in [3.8, 4) is 0 Å². The van der Waals surface area contributed by atoms with E-state index in [1.54, 1.807) is 29.2 Å². The molecular weight excluding hydrogens is 392 g/mol. The number of amides is 1. The highest BCUT2D eigenvalue weighted by Crippen LogP contribution is 2.28. The van der Waals surface area contributed by atoms with Crippen molar-refractivity contribution in [2.75, 3.05) is 18.5 Å². The van der Waals surface area contributed by atoms with E-state index in [4.69, 9.17) is 9.84 Å². The lowest BCUT2D eigenvalue weighted by molar-refractivity contribution is 0.0662. The van der Waals surface area contributed by atoms with Gasteiger partial charge in [0.1, 0.15) is 11.4 Å². The number of allylic oxidation sites excluding steroid dienone is 4. The molecule has 0 atom stereocenters. The molecule has 5 rings (SSSR count). The van der Waals surface area contributed by atoms with Gasteiger partial charge in [0.05, 0.1) is 11.9 Å². The van der Waals surface area contributed by atoms with Gasteiger partial charge in [-0.15, -0.1) is 0 Å². The predicted molar refractivity (Wildman–Crippen MR) is 118 cm³/mol. The number of fused-ring (bicyclic) bond motifs is 1. The largest absolute Gasteiger partial charge is 0.381 e. The van der Waals surface area contributed by atoms with Gasteiger partial charge in [0.15, 0.2) is 5.65 Å². The van der Waals surface area contributed by atoms with E-state index in [2.05, 4.69) is 34.5 Å². The van der Waals surface area contributed by atoms with Gasteiger partial charge in [0, 0.05) is 37.4 Å². The summed E-state index contributed by atoms with van der Waals surface area (Å²) in [7, 11) is 0. The third-order valence-electron chi connectivity index (χ3n) is 5.97. The van der Waals surface area contributed by atoms with Gasteiger partial charge in [0.2, 0.25) is 0 Å². The van der Waals surface area contributed by atoms with Crippen LogP contribution >= 0.6 is 0 Å². The quantitative estimate of drug-likeness (QED) is 0.682. The Bertz CT molecular complexity index is 1170. The molecule has 0 spiro atoms. The van der Waals surface area contributed by atoms with E-state index in [0.29, 0.717) is 22.9 Å². The Morgan fingerprint density at radius 2 is 2.13 bits per heavy atom. The third kappa shape index (κ3) is 4.16. The van der Waals surface area contributed by atoms with Gasteiger partial charge in [-0.3, -0.25) is 4.79 Å². The van der Waals surface area contributed by atoms with Crippen molar-refractivity contribution in [1.82, 2.24) is 24.4 Å². The van der Waals surface area contributed by atoms with E-state index in [1.807, 2.05) is 10.7 Å². The smallest absolute Gasteiger partial charge is 0.262 e. The van der Waals surface area contributed by atoms with Crippen molar-refractivity contribution in [3.63, 3.8) is 0 Å². The summed E-state index contributed by atoms with van der Waals surface area (Å²) in [5, 5.41) is 12.2. The summed E-state index contributed by atoms with van der Waals surface area (Å²) < 4.78 is 8.97. The zero-order chi connectivity index (χ0) is 21.2. The molecule has 1 amide bonds. The lowest BCUT2D eigenvalue weighted by atomic mass is 9.95. The van der Waals surface area contributed by atoms with Crippen molar-refractivity contribution in [2.45, 2.75) is 39.0 Å². The van der Waals surface area contributed by atoms with Crippen LogP contribution in [-0.2, 0) is 11.2 Å². The maximum Gasteiger partial charge on any atom is 0.262 e. The maximum atomic E-state index is 13.1. The van der Waals surface area contributed by atoms with Gasteiger partial charge in [-0.1, -0.05) is 11.6 Å². The van der Waals surface area contributed by atoms with Crippen LogP contribution in [0.3, 0.4) is 0 Å². The first kappa shape index (κ1) is 19.7. The number of hydrogen-bond acceptors (Lipinski definition) is 5.